The van der Waals surface area contributed by atoms with Crippen molar-refractivity contribution in [2.45, 2.75) is 25.4 Å². The monoisotopic (exact) mass is 443 g/mol. The van der Waals surface area contributed by atoms with Crippen LogP contribution in [0.2, 0.25) is 5.02 Å². The number of anilines is 2. The summed E-state index contributed by atoms with van der Waals surface area (Å²) in [5.41, 5.74) is 2.11. The van der Waals surface area contributed by atoms with Gasteiger partial charge in [0, 0.05) is 25.0 Å². The number of hydrogen-bond donors (Lipinski definition) is 1. The first-order valence-electron chi connectivity index (χ1n) is 10.5. The smallest absolute Gasteiger partial charge is 0.165 e. The van der Waals surface area contributed by atoms with E-state index < -0.39 is 5.82 Å². The maximum absolute atomic E-state index is 14.4. The van der Waals surface area contributed by atoms with Crippen molar-refractivity contribution in [1.29, 1.82) is 0 Å². The van der Waals surface area contributed by atoms with Crippen LogP contribution in [0.5, 0.6) is 5.75 Å². The van der Waals surface area contributed by atoms with Crippen LogP contribution in [0.15, 0.2) is 36.7 Å². The molecule has 0 spiro atoms. The summed E-state index contributed by atoms with van der Waals surface area (Å²) in [4.78, 5) is 8.80. The van der Waals surface area contributed by atoms with Crippen molar-refractivity contribution in [3.05, 3.63) is 53.1 Å². The van der Waals surface area contributed by atoms with Gasteiger partial charge < -0.3 is 19.5 Å². The minimum atomic E-state index is -0.520. The Bertz CT molecular complexity index is 1090. The van der Waals surface area contributed by atoms with Gasteiger partial charge in [0.15, 0.2) is 5.82 Å². The van der Waals surface area contributed by atoms with Gasteiger partial charge >= 0.3 is 0 Å². The third-order valence-corrected chi connectivity index (χ3v) is 6.03. The first kappa shape index (κ1) is 20.4. The van der Waals surface area contributed by atoms with Crippen molar-refractivity contribution in [2.75, 3.05) is 31.7 Å². The predicted molar refractivity (Wildman–Crippen MR) is 117 cm³/mol. The average Bonchev–Trinajstić information content (AvgIpc) is 3.47. The molecule has 1 N–H and O–H groups in total. The predicted octanol–water partition coefficient (Wildman–Crippen LogP) is 4.91. The van der Waals surface area contributed by atoms with E-state index in [0.717, 1.165) is 54.7 Å². The summed E-state index contributed by atoms with van der Waals surface area (Å²) in [5, 5.41) is 3.86. The zero-order valence-corrected chi connectivity index (χ0v) is 17.7. The second kappa shape index (κ2) is 8.94. The molecular formula is C23H23ClFN3O3. The van der Waals surface area contributed by atoms with Gasteiger partial charge in [0.1, 0.15) is 24.0 Å². The zero-order valence-electron chi connectivity index (χ0n) is 16.9. The van der Waals surface area contributed by atoms with Crippen LogP contribution in [0.3, 0.4) is 0 Å². The van der Waals surface area contributed by atoms with Gasteiger partial charge in [-0.15, -0.1) is 0 Å². The topological polar surface area (TPSA) is 65.5 Å². The molecule has 31 heavy (non-hydrogen) atoms. The molecule has 0 radical (unpaired) electrons. The molecule has 2 aromatic carbocycles. The molecule has 0 saturated carbocycles. The van der Waals surface area contributed by atoms with Gasteiger partial charge in [-0.1, -0.05) is 17.7 Å². The molecule has 2 aliphatic rings. The molecule has 0 amide bonds. The molecule has 2 aliphatic heterocycles. The minimum absolute atomic E-state index is 0.0162. The van der Waals surface area contributed by atoms with E-state index in [-0.39, 0.29) is 16.8 Å². The number of aromatic nitrogens is 2. The van der Waals surface area contributed by atoms with Gasteiger partial charge in [-0.2, -0.15) is 0 Å². The number of hydrogen-bond acceptors (Lipinski definition) is 6. The largest absolute Gasteiger partial charge is 0.488 e. The molecule has 2 atom stereocenters. The second-order valence-electron chi connectivity index (χ2n) is 7.96. The third-order valence-electron chi connectivity index (χ3n) is 5.74. The molecule has 0 aliphatic carbocycles. The van der Waals surface area contributed by atoms with E-state index in [2.05, 4.69) is 15.3 Å². The molecule has 3 aromatic rings. The lowest BCUT2D eigenvalue weighted by Crippen LogP contribution is -2.17. The molecule has 8 heteroatoms. The fraction of sp³-hybridized carbons (Fsp3) is 0.391. The molecule has 1 aromatic heterocycles. The Balaban J connectivity index is 1.53. The van der Waals surface area contributed by atoms with Crippen LogP contribution in [-0.4, -0.2) is 42.5 Å². The standard InChI is InChI=1S/C23H23ClFN3O3/c24-18-2-1-3-19(22(18)25)28-23-17-10-21(31-16-5-7-30-12-16)15(8-14-4-6-29-11-14)9-20(17)26-13-27-23/h1-3,9-10,13-14,16H,4-8,11-12H2,(H,26,27,28)/t14-,16-/m1/s1. The summed E-state index contributed by atoms with van der Waals surface area (Å²) < 4.78 is 31.8. The first-order valence-corrected chi connectivity index (χ1v) is 10.9. The van der Waals surface area contributed by atoms with Gasteiger partial charge in [-0.05, 0) is 48.6 Å². The number of nitrogens with zero attached hydrogens (tertiary/aromatic N) is 2. The lowest BCUT2D eigenvalue weighted by atomic mass is 9.97. The van der Waals surface area contributed by atoms with Crippen LogP contribution >= 0.6 is 11.6 Å². The van der Waals surface area contributed by atoms with Gasteiger partial charge in [-0.25, -0.2) is 14.4 Å². The van der Waals surface area contributed by atoms with Gasteiger partial charge in [-0.3, -0.25) is 0 Å². The molecule has 2 fully saturated rings. The highest BCUT2D eigenvalue weighted by Gasteiger charge is 2.23. The summed E-state index contributed by atoms with van der Waals surface area (Å²) in [6.07, 6.45) is 4.24. The molecule has 0 bridgehead atoms. The van der Waals surface area contributed by atoms with Gasteiger partial charge in [0.2, 0.25) is 0 Å². The zero-order chi connectivity index (χ0) is 21.2. The molecule has 6 nitrogen and oxygen atoms in total. The van der Waals surface area contributed by atoms with E-state index in [9.17, 15) is 4.39 Å². The molecular weight excluding hydrogens is 421 g/mol. The molecule has 3 heterocycles. The quantitative estimate of drug-likeness (QED) is 0.583. The Labute approximate surface area is 184 Å². The van der Waals surface area contributed by atoms with Crippen molar-refractivity contribution in [3.8, 4) is 5.75 Å². The highest BCUT2D eigenvalue weighted by molar-refractivity contribution is 6.31. The van der Waals surface area contributed by atoms with Crippen LogP contribution < -0.4 is 10.1 Å². The van der Waals surface area contributed by atoms with E-state index in [1.165, 1.54) is 12.4 Å². The van der Waals surface area contributed by atoms with Crippen molar-refractivity contribution in [1.82, 2.24) is 9.97 Å². The van der Waals surface area contributed by atoms with E-state index in [0.29, 0.717) is 24.9 Å². The summed E-state index contributed by atoms with van der Waals surface area (Å²) in [6, 6.07) is 8.81. The summed E-state index contributed by atoms with van der Waals surface area (Å²) >= 11 is 5.93. The lowest BCUT2D eigenvalue weighted by molar-refractivity contribution is 0.140. The van der Waals surface area contributed by atoms with Gasteiger partial charge in [0.25, 0.3) is 0 Å². The normalized spacial score (nSPS) is 21.0. The Hall–Kier alpha value is -2.48. The highest BCUT2D eigenvalue weighted by Crippen LogP contribution is 2.34. The first-order chi connectivity index (χ1) is 15.2. The van der Waals surface area contributed by atoms with Crippen molar-refractivity contribution in [3.63, 3.8) is 0 Å². The van der Waals surface area contributed by atoms with Crippen molar-refractivity contribution < 1.29 is 18.6 Å². The van der Waals surface area contributed by atoms with Crippen LogP contribution in [0.1, 0.15) is 18.4 Å². The number of ether oxygens (including phenoxy) is 3. The van der Waals surface area contributed by atoms with E-state index in [1.807, 2.05) is 12.1 Å². The van der Waals surface area contributed by atoms with Crippen LogP contribution in [0.25, 0.3) is 10.9 Å². The summed E-state index contributed by atoms with van der Waals surface area (Å²) in [6.45, 7) is 2.84. The SMILES string of the molecule is Fc1c(Cl)cccc1Nc1ncnc2cc(C[C@H]3CCOC3)c(O[C@@H]3CCOC3)cc12. The Morgan fingerprint density at radius 2 is 2.00 bits per heavy atom. The lowest BCUT2D eigenvalue weighted by Gasteiger charge is -2.19. The van der Waals surface area contributed by atoms with Crippen LogP contribution in [-0.2, 0) is 15.9 Å². The number of rotatable bonds is 6. The van der Waals surface area contributed by atoms with Crippen LogP contribution in [0.4, 0.5) is 15.9 Å². The Morgan fingerprint density at radius 3 is 2.81 bits per heavy atom. The Kier molecular flexibility index (Phi) is 5.89. The number of nitrogens with one attached hydrogen (secondary N) is 1. The van der Waals surface area contributed by atoms with E-state index in [1.54, 1.807) is 12.1 Å². The maximum atomic E-state index is 14.4. The summed E-state index contributed by atoms with van der Waals surface area (Å²) in [7, 11) is 0. The van der Waals surface area contributed by atoms with E-state index >= 15 is 0 Å². The number of fused-ring (bicyclic) bond motifs is 1. The number of halogens is 2. The van der Waals surface area contributed by atoms with E-state index in [4.69, 9.17) is 25.8 Å². The average molecular weight is 444 g/mol. The fourth-order valence-electron chi connectivity index (χ4n) is 4.06. The minimum Gasteiger partial charge on any atom is -0.488 e. The third kappa shape index (κ3) is 4.44. The van der Waals surface area contributed by atoms with Crippen molar-refractivity contribution in [2.24, 2.45) is 5.92 Å². The summed E-state index contributed by atoms with van der Waals surface area (Å²) in [5.74, 6) is 1.22. The van der Waals surface area contributed by atoms with Crippen LogP contribution in [0, 0.1) is 11.7 Å². The molecule has 162 valence electrons. The fourth-order valence-corrected chi connectivity index (χ4v) is 4.24. The van der Waals surface area contributed by atoms with Crippen molar-refractivity contribution >= 4 is 34.0 Å². The maximum Gasteiger partial charge on any atom is 0.165 e. The second-order valence-corrected chi connectivity index (χ2v) is 8.37. The molecule has 0 unspecified atom stereocenters. The number of benzene rings is 2. The Morgan fingerprint density at radius 1 is 1.13 bits per heavy atom. The van der Waals surface area contributed by atoms with Gasteiger partial charge in [0.05, 0.1) is 29.4 Å². The highest BCUT2D eigenvalue weighted by atomic mass is 35.5. The molecule has 2 saturated heterocycles. The molecule has 5 rings (SSSR count).